The number of hydrogen-bond donors (Lipinski definition) is 5. The number of benzene rings is 1. The van der Waals surface area contributed by atoms with Crippen molar-refractivity contribution in [1.82, 2.24) is 10.6 Å². The Morgan fingerprint density at radius 2 is 1.80 bits per heavy atom. The number of rotatable bonds is 5. The topological polar surface area (TPSA) is 111 Å². The molecule has 0 heterocycles. The van der Waals surface area contributed by atoms with Crippen molar-refractivity contribution in [2.75, 3.05) is 11.9 Å². The third-order valence-electron chi connectivity index (χ3n) is 4.19. The first-order valence-corrected chi connectivity index (χ1v) is 8.67. The lowest BCUT2D eigenvalue weighted by molar-refractivity contribution is -0.0166. The molecule has 3 amide bonds. The summed E-state index contributed by atoms with van der Waals surface area (Å²) in [4.78, 5) is 24.0. The summed E-state index contributed by atoms with van der Waals surface area (Å²) in [7, 11) is 0. The first kappa shape index (κ1) is 19.2. The number of carbonyl (C=O) groups is 2. The van der Waals surface area contributed by atoms with Gasteiger partial charge in [0.05, 0.1) is 12.2 Å². The molecule has 0 radical (unpaired) electrons. The fraction of sp³-hybridized carbons (Fsp3) is 0.556. The summed E-state index contributed by atoms with van der Waals surface area (Å²) in [6.45, 7) is 4.67. The van der Waals surface area contributed by atoms with Gasteiger partial charge in [-0.1, -0.05) is 13.8 Å². The third-order valence-corrected chi connectivity index (χ3v) is 4.19. The van der Waals surface area contributed by atoms with Gasteiger partial charge in [0.25, 0.3) is 5.91 Å². The number of aliphatic hydroxyl groups excluding tert-OH is 2. The number of carbonyl (C=O) groups excluding carboxylic acids is 2. The molecule has 0 bridgehead atoms. The van der Waals surface area contributed by atoms with E-state index in [2.05, 4.69) is 16.0 Å². The summed E-state index contributed by atoms with van der Waals surface area (Å²) >= 11 is 0. The highest BCUT2D eigenvalue weighted by Crippen LogP contribution is 2.19. The molecule has 25 heavy (non-hydrogen) atoms. The van der Waals surface area contributed by atoms with E-state index in [1.807, 2.05) is 13.8 Å². The van der Waals surface area contributed by atoms with E-state index in [1.165, 1.54) is 0 Å². The van der Waals surface area contributed by atoms with Gasteiger partial charge in [0.1, 0.15) is 0 Å². The van der Waals surface area contributed by atoms with Gasteiger partial charge in [0, 0.05) is 23.8 Å². The predicted octanol–water partition coefficient (Wildman–Crippen LogP) is 1.47. The van der Waals surface area contributed by atoms with Gasteiger partial charge in [-0.05, 0) is 49.4 Å². The molecule has 1 aromatic carbocycles. The van der Waals surface area contributed by atoms with Crippen LogP contribution in [0.4, 0.5) is 10.5 Å². The number of urea groups is 1. The maximum atomic E-state index is 12.0. The Morgan fingerprint density at radius 3 is 2.40 bits per heavy atom. The van der Waals surface area contributed by atoms with Crippen molar-refractivity contribution in [1.29, 1.82) is 0 Å². The number of aliphatic hydroxyl groups is 2. The van der Waals surface area contributed by atoms with Crippen LogP contribution in [0.2, 0.25) is 0 Å². The number of amides is 3. The van der Waals surface area contributed by atoms with Crippen molar-refractivity contribution in [3.8, 4) is 0 Å². The molecule has 1 fully saturated rings. The molecule has 1 saturated carbocycles. The van der Waals surface area contributed by atoms with Gasteiger partial charge in [0.2, 0.25) is 0 Å². The molecule has 0 aliphatic heterocycles. The van der Waals surface area contributed by atoms with Crippen molar-refractivity contribution in [3.05, 3.63) is 29.8 Å². The predicted molar refractivity (Wildman–Crippen MR) is 95.4 cm³/mol. The Hall–Kier alpha value is -2.12. The highest BCUT2D eigenvalue weighted by atomic mass is 16.3. The van der Waals surface area contributed by atoms with Crippen LogP contribution >= 0.6 is 0 Å². The van der Waals surface area contributed by atoms with E-state index >= 15 is 0 Å². The second-order valence-electron chi connectivity index (χ2n) is 6.92. The van der Waals surface area contributed by atoms with E-state index in [1.54, 1.807) is 24.3 Å². The Balaban J connectivity index is 1.82. The lowest BCUT2D eigenvalue weighted by atomic mass is 9.91. The monoisotopic (exact) mass is 349 g/mol. The molecule has 2 rings (SSSR count). The zero-order valence-electron chi connectivity index (χ0n) is 14.7. The minimum Gasteiger partial charge on any atom is -0.390 e. The molecule has 1 unspecified atom stereocenters. The fourth-order valence-electron chi connectivity index (χ4n) is 2.72. The van der Waals surface area contributed by atoms with E-state index in [0.29, 0.717) is 43.0 Å². The van der Waals surface area contributed by atoms with Crippen LogP contribution in [-0.2, 0) is 0 Å². The lowest BCUT2D eigenvalue weighted by Crippen LogP contribution is -2.46. The molecule has 138 valence electrons. The molecule has 7 nitrogen and oxygen atoms in total. The van der Waals surface area contributed by atoms with E-state index in [4.69, 9.17) is 0 Å². The summed E-state index contributed by atoms with van der Waals surface area (Å²) in [5, 5.41) is 27.5. The first-order valence-electron chi connectivity index (χ1n) is 8.67. The molecule has 0 spiro atoms. The molecule has 7 heteroatoms. The van der Waals surface area contributed by atoms with Gasteiger partial charge in [-0.25, -0.2) is 4.79 Å². The second kappa shape index (κ2) is 8.82. The molecule has 1 aliphatic carbocycles. The average Bonchev–Trinajstić information content (AvgIpc) is 2.56. The largest absolute Gasteiger partial charge is 0.390 e. The van der Waals surface area contributed by atoms with Crippen LogP contribution in [0.3, 0.4) is 0 Å². The minimum atomic E-state index is -0.803. The van der Waals surface area contributed by atoms with Gasteiger partial charge < -0.3 is 26.2 Å². The van der Waals surface area contributed by atoms with Crippen molar-refractivity contribution < 1.29 is 19.8 Å². The standard InChI is InChI=1S/C18H27N3O4/c1-11(2)10-19-17(24)12-3-5-13(6-4-12)20-18(25)21-14-7-8-15(22)16(23)9-14/h3-6,11,14-16,22-23H,7-10H2,1-2H3,(H,19,24)(H2,20,21,25)/t14?,15-,16+/m1/s1. The van der Waals surface area contributed by atoms with Crippen LogP contribution in [-0.4, -0.2) is 46.9 Å². The number of nitrogens with one attached hydrogen (secondary N) is 3. The summed E-state index contributed by atoms with van der Waals surface area (Å²) in [5.74, 6) is 0.243. The molecular formula is C18H27N3O4. The van der Waals surface area contributed by atoms with Gasteiger partial charge in [-0.2, -0.15) is 0 Å². The Labute approximate surface area is 147 Å². The maximum absolute atomic E-state index is 12.0. The fourth-order valence-corrected chi connectivity index (χ4v) is 2.72. The van der Waals surface area contributed by atoms with Crippen molar-refractivity contribution >= 4 is 17.6 Å². The van der Waals surface area contributed by atoms with E-state index in [9.17, 15) is 19.8 Å². The second-order valence-corrected chi connectivity index (χ2v) is 6.92. The van der Waals surface area contributed by atoms with Crippen molar-refractivity contribution in [2.45, 2.75) is 51.4 Å². The lowest BCUT2D eigenvalue weighted by Gasteiger charge is -2.30. The smallest absolute Gasteiger partial charge is 0.319 e. The quantitative estimate of drug-likeness (QED) is 0.554. The van der Waals surface area contributed by atoms with Crippen LogP contribution in [0.15, 0.2) is 24.3 Å². The number of hydrogen-bond acceptors (Lipinski definition) is 4. The minimum absolute atomic E-state index is 0.139. The number of anilines is 1. The SMILES string of the molecule is CC(C)CNC(=O)c1ccc(NC(=O)NC2CC[C@@H](O)[C@@H](O)C2)cc1. The summed E-state index contributed by atoms with van der Waals surface area (Å²) in [6.07, 6.45) is -0.0885. The molecule has 5 N–H and O–H groups in total. The first-order chi connectivity index (χ1) is 11.8. The maximum Gasteiger partial charge on any atom is 0.319 e. The van der Waals surface area contributed by atoms with Crippen LogP contribution < -0.4 is 16.0 Å². The van der Waals surface area contributed by atoms with Crippen LogP contribution in [0.1, 0.15) is 43.5 Å². The Kier molecular flexibility index (Phi) is 6.78. The molecule has 0 aromatic heterocycles. The zero-order valence-corrected chi connectivity index (χ0v) is 14.7. The highest BCUT2D eigenvalue weighted by Gasteiger charge is 2.28. The summed E-state index contributed by atoms with van der Waals surface area (Å²) in [6, 6.07) is 6.12. The van der Waals surface area contributed by atoms with Crippen LogP contribution in [0.5, 0.6) is 0 Å². The van der Waals surface area contributed by atoms with Gasteiger partial charge in [-0.15, -0.1) is 0 Å². The molecule has 1 aliphatic rings. The highest BCUT2D eigenvalue weighted by molar-refractivity contribution is 5.95. The van der Waals surface area contributed by atoms with Crippen LogP contribution in [0.25, 0.3) is 0 Å². The van der Waals surface area contributed by atoms with Gasteiger partial charge in [-0.3, -0.25) is 4.79 Å². The van der Waals surface area contributed by atoms with Gasteiger partial charge >= 0.3 is 6.03 Å². The zero-order chi connectivity index (χ0) is 18.4. The van der Waals surface area contributed by atoms with Crippen molar-refractivity contribution in [2.24, 2.45) is 5.92 Å². The Morgan fingerprint density at radius 1 is 1.12 bits per heavy atom. The average molecular weight is 349 g/mol. The molecule has 0 saturated heterocycles. The van der Waals surface area contributed by atoms with Gasteiger partial charge in [0.15, 0.2) is 0 Å². The normalized spacial score (nSPS) is 23.2. The van der Waals surface area contributed by atoms with Crippen LogP contribution in [0, 0.1) is 5.92 Å². The molecular weight excluding hydrogens is 322 g/mol. The van der Waals surface area contributed by atoms with Crippen molar-refractivity contribution in [3.63, 3.8) is 0 Å². The summed E-state index contributed by atoms with van der Waals surface area (Å²) in [5.41, 5.74) is 1.12. The third kappa shape index (κ3) is 6.03. The van der Waals surface area contributed by atoms with E-state index in [0.717, 1.165) is 0 Å². The molecule has 1 aromatic rings. The molecule has 3 atom stereocenters. The Bertz CT molecular complexity index is 588. The van der Waals surface area contributed by atoms with E-state index in [-0.39, 0.29) is 18.0 Å². The summed E-state index contributed by atoms with van der Waals surface area (Å²) < 4.78 is 0. The van der Waals surface area contributed by atoms with E-state index < -0.39 is 12.2 Å².